The molecule has 3 N–H and O–H groups in total. The normalized spacial score (nSPS) is 15.5. The number of nitrogens with zero attached hydrogens (tertiary/aromatic N) is 4. The highest BCUT2D eigenvalue weighted by Crippen LogP contribution is 2.35. The second-order valence-electron chi connectivity index (χ2n) is 9.14. The fourth-order valence-corrected chi connectivity index (χ4v) is 4.74. The van der Waals surface area contributed by atoms with Crippen LogP contribution in [0.2, 0.25) is 0 Å². The van der Waals surface area contributed by atoms with Crippen LogP contribution in [0.4, 0.5) is 11.5 Å². The standard InChI is InChI=1S/C26H34N6O/c1-20-21(7-5-10-24(20)31(2)27)17-28-14-6-11-26(19-33)12-15-32(16-13-26)25-18-29-22-8-3-4-9-23(22)30-25/h3-5,7-10,18-19,28H,6,11-17,27H2,1-2H3. The predicted octanol–water partition coefficient (Wildman–Crippen LogP) is 3.60. The van der Waals surface area contributed by atoms with Crippen molar-refractivity contribution in [1.29, 1.82) is 0 Å². The van der Waals surface area contributed by atoms with E-state index in [1.165, 1.54) is 17.4 Å². The van der Waals surface area contributed by atoms with Crippen LogP contribution in [0.1, 0.15) is 36.8 Å². The first kappa shape index (κ1) is 23.1. The fourth-order valence-electron chi connectivity index (χ4n) is 4.74. The molecule has 3 aromatic rings. The summed E-state index contributed by atoms with van der Waals surface area (Å²) in [7, 11) is 1.86. The zero-order valence-electron chi connectivity index (χ0n) is 19.6. The van der Waals surface area contributed by atoms with Crippen molar-refractivity contribution in [3.63, 3.8) is 0 Å². The Kier molecular flexibility index (Phi) is 7.20. The number of nitrogens with two attached hydrogens (primary N) is 1. The Bertz CT molecular complexity index is 1090. The molecule has 0 unspecified atom stereocenters. The van der Waals surface area contributed by atoms with Gasteiger partial charge >= 0.3 is 0 Å². The maximum absolute atomic E-state index is 12.0. The van der Waals surface area contributed by atoms with E-state index in [9.17, 15) is 4.79 Å². The molecule has 0 saturated carbocycles. The summed E-state index contributed by atoms with van der Waals surface area (Å²) >= 11 is 0. The van der Waals surface area contributed by atoms with Gasteiger partial charge in [0.05, 0.1) is 22.9 Å². The second-order valence-corrected chi connectivity index (χ2v) is 9.14. The summed E-state index contributed by atoms with van der Waals surface area (Å²) in [5, 5.41) is 5.19. The number of nitrogens with one attached hydrogen (secondary N) is 1. The van der Waals surface area contributed by atoms with Gasteiger partial charge in [-0.25, -0.2) is 10.8 Å². The molecule has 1 aliphatic rings. The van der Waals surface area contributed by atoms with Crippen LogP contribution in [-0.4, -0.2) is 42.9 Å². The summed E-state index contributed by atoms with van der Waals surface area (Å²) in [4.78, 5) is 23.6. The van der Waals surface area contributed by atoms with E-state index in [2.05, 4.69) is 28.2 Å². The van der Waals surface area contributed by atoms with Crippen molar-refractivity contribution in [3.8, 4) is 0 Å². The van der Waals surface area contributed by atoms with Crippen LogP contribution in [-0.2, 0) is 11.3 Å². The van der Waals surface area contributed by atoms with E-state index in [1.807, 2.05) is 49.6 Å². The molecule has 7 nitrogen and oxygen atoms in total. The Balaban J connectivity index is 1.26. The van der Waals surface area contributed by atoms with Crippen LogP contribution in [0, 0.1) is 12.3 Å². The number of fused-ring (bicyclic) bond motifs is 1. The fraction of sp³-hybridized carbons (Fsp3) is 0.423. The molecule has 33 heavy (non-hydrogen) atoms. The lowest BCUT2D eigenvalue weighted by Gasteiger charge is -2.38. The number of anilines is 2. The summed E-state index contributed by atoms with van der Waals surface area (Å²) in [6, 6.07) is 14.1. The molecule has 1 aliphatic heterocycles. The number of piperidine rings is 1. The van der Waals surface area contributed by atoms with E-state index in [-0.39, 0.29) is 5.41 Å². The van der Waals surface area contributed by atoms with E-state index < -0.39 is 0 Å². The largest absolute Gasteiger partial charge is 0.355 e. The Morgan fingerprint density at radius 1 is 1.15 bits per heavy atom. The van der Waals surface area contributed by atoms with Crippen molar-refractivity contribution in [3.05, 3.63) is 59.8 Å². The minimum atomic E-state index is -0.236. The van der Waals surface area contributed by atoms with Gasteiger partial charge in [-0.15, -0.1) is 0 Å². The number of carbonyl (C=O) groups is 1. The van der Waals surface area contributed by atoms with Gasteiger partial charge in [-0.3, -0.25) is 4.98 Å². The molecule has 0 aliphatic carbocycles. The topological polar surface area (TPSA) is 87.4 Å². The van der Waals surface area contributed by atoms with Crippen LogP contribution in [0.5, 0.6) is 0 Å². The van der Waals surface area contributed by atoms with Gasteiger partial charge in [0.15, 0.2) is 0 Å². The lowest BCUT2D eigenvalue weighted by atomic mass is 9.76. The van der Waals surface area contributed by atoms with Crippen molar-refractivity contribution in [2.75, 3.05) is 36.6 Å². The molecule has 1 fully saturated rings. The Hall–Kier alpha value is -3.03. The number of aromatic nitrogens is 2. The van der Waals surface area contributed by atoms with Gasteiger partial charge < -0.3 is 20.0 Å². The highest BCUT2D eigenvalue weighted by atomic mass is 16.1. The molecule has 0 amide bonds. The van der Waals surface area contributed by atoms with Gasteiger partial charge in [-0.1, -0.05) is 24.3 Å². The first-order chi connectivity index (χ1) is 16.0. The number of benzene rings is 2. The molecular weight excluding hydrogens is 412 g/mol. The number of hydrazine groups is 1. The first-order valence-corrected chi connectivity index (χ1v) is 11.7. The summed E-state index contributed by atoms with van der Waals surface area (Å²) in [6.07, 6.45) is 6.64. The average Bonchev–Trinajstić information content (AvgIpc) is 2.84. The van der Waals surface area contributed by atoms with Crippen LogP contribution in [0.25, 0.3) is 11.0 Å². The number of hydrogen-bond acceptors (Lipinski definition) is 7. The molecule has 0 atom stereocenters. The van der Waals surface area contributed by atoms with Crippen LogP contribution in [0.15, 0.2) is 48.7 Å². The Labute approximate surface area is 196 Å². The van der Waals surface area contributed by atoms with Crippen LogP contribution in [0.3, 0.4) is 0 Å². The molecule has 1 saturated heterocycles. The summed E-state index contributed by atoms with van der Waals surface area (Å²) in [6.45, 7) is 5.45. The van der Waals surface area contributed by atoms with Crippen LogP contribution < -0.4 is 21.1 Å². The van der Waals surface area contributed by atoms with Crippen molar-refractivity contribution in [2.45, 2.75) is 39.2 Å². The Morgan fingerprint density at radius 2 is 1.91 bits per heavy atom. The monoisotopic (exact) mass is 446 g/mol. The third kappa shape index (κ3) is 5.31. The lowest BCUT2D eigenvalue weighted by molar-refractivity contribution is -0.117. The third-order valence-electron chi connectivity index (χ3n) is 6.91. The summed E-state index contributed by atoms with van der Waals surface area (Å²) in [5.74, 6) is 6.81. The Morgan fingerprint density at radius 3 is 2.64 bits per heavy atom. The number of carbonyl (C=O) groups excluding carboxylic acids is 1. The van der Waals surface area contributed by atoms with Crippen LogP contribution >= 0.6 is 0 Å². The molecule has 1 aromatic heterocycles. The van der Waals surface area contributed by atoms with Gasteiger partial charge in [0.2, 0.25) is 0 Å². The summed E-state index contributed by atoms with van der Waals surface area (Å²) < 4.78 is 0. The summed E-state index contributed by atoms with van der Waals surface area (Å²) in [5.41, 5.74) is 5.07. The second kappa shape index (κ2) is 10.3. The number of aldehydes is 1. The molecule has 2 aromatic carbocycles. The van der Waals surface area contributed by atoms with E-state index in [1.54, 1.807) is 5.01 Å². The zero-order chi connectivity index (χ0) is 23.3. The van der Waals surface area contributed by atoms with Crippen molar-refractivity contribution >= 4 is 28.8 Å². The highest BCUT2D eigenvalue weighted by Gasteiger charge is 2.34. The van der Waals surface area contributed by atoms with Gasteiger partial charge in [0.1, 0.15) is 12.1 Å². The molecule has 7 heteroatoms. The van der Waals surface area contributed by atoms with E-state index in [0.29, 0.717) is 0 Å². The molecule has 0 radical (unpaired) electrons. The zero-order valence-corrected chi connectivity index (χ0v) is 19.6. The predicted molar refractivity (Wildman–Crippen MR) is 134 cm³/mol. The van der Waals surface area contributed by atoms with E-state index in [0.717, 1.165) is 74.4 Å². The van der Waals surface area contributed by atoms with Gasteiger partial charge in [-0.05, 0) is 68.5 Å². The van der Waals surface area contributed by atoms with E-state index in [4.69, 9.17) is 10.8 Å². The third-order valence-corrected chi connectivity index (χ3v) is 6.91. The van der Waals surface area contributed by atoms with Crippen molar-refractivity contribution in [1.82, 2.24) is 15.3 Å². The maximum Gasteiger partial charge on any atom is 0.147 e. The number of rotatable bonds is 9. The lowest BCUT2D eigenvalue weighted by Crippen LogP contribution is -2.41. The molecule has 0 bridgehead atoms. The molecule has 2 heterocycles. The average molecular weight is 447 g/mol. The smallest absolute Gasteiger partial charge is 0.147 e. The van der Waals surface area contributed by atoms with Crippen molar-refractivity contribution in [2.24, 2.45) is 11.3 Å². The number of hydrogen-bond donors (Lipinski definition) is 2. The van der Waals surface area contributed by atoms with E-state index >= 15 is 0 Å². The van der Waals surface area contributed by atoms with Gasteiger partial charge in [0, 0.05) is 32.1 Å². The minimum Gasteiger partial charge on any atom is -0.355 e. The highest BCUT2D eigenvalue weighted by molar-refractivity contribution is 5.75. The molecule has 174 valence electrons. The quantitative estimate of drug-likeness (QED) is 0.225. The maximum atomic E-state index is 12.0. The SMILES string of the molecule is Cc1c(CNCCCC2(C=O)CCN(c3cnc4ccccc4n3)CC2)cccc1N(C)N. The van der Waals surface area contributed by atoms with Crippen molar-refractivity contribution < 1.29 is 4.79 Å². The molecular formula is C26H34N6O. The molecule has 0 spiro atoms. The number of para-hydroxylation sites is 2. The minimum absolute atomic E-state index is 0.236. The van der Waals surface area contributed by atoms with Gasteiger partial charge in [0.25, 0.3) is 0 Å². The molecule has 4 rings (SSSR count). The first-order valence-electron chi connectivity index (χ1n) is 11.7. The van der Waals surface area contributed by atoms with Gasteiger partial charge in [-0.2, -0.15) is 0 Å².